The van der Waals surface area contributed by atoms with E-state index in [-0.39, 0.29) is 27.4 Å². The van der Waals surface area contributed by atoms with E-state index in [1.165, 1.54) is 18.2 Å². The number of benzene rings is 1. The second kappa shape index (κ2) is 6.27. The molecule has 27 heavy (non-hydrogen) atoms. The second-order valence-corrected chi connectivity index (χ2v) is 8.78. The van der Waals surface area contributed by atoms with Crippen LogP contribution in [0.15, 0.2) is 51.1 Å². The van der Waals surface area contributed by atoms with Crippen molar-refractivity contribution in [2.75, 3.05) is 0 Å². The van der Waals surface area contributed by atoms with Gasteiger partial charge in [-0.05, 0) is 44.4 Å². The fraction of sp³-hybridized carbons (Fsp3) is 0.300. The Balaban J connectivity index is 2.02. The normalized spacial score (nSPS) is 14.6. The van der Waals surface area contributed by atoms with E-state index in [9.17, 15) is 17.6 Å². The van der Waals surface area contributed by atoms with E-state index in [0.29, 0.717) is 6.42 Å². The van der Waals surface area contributed by atoms with Gasteiger partial charge in [0.15, 0.2) is 16.3 Å². The number of nitrogens with zero attached hydrogens (tertiary/aromatic N) is 2. The van der Waals surface area contributed by atoms with Gasteiger partial charge in [-0.1, -0.05) is 24.6 Å². The van der Waals surface area contributed by atoms with E-state index < -0.39 is 20.7 Å². The minimum absolute atomic E-state index is 0.0224. The maximum atomic E-state index is 14.7. The third-order valence-electron chi connectivity index (χ3n) is 4.88. The predicted octanol–water partition coefficient (Wildman–Crippen LogP) is 3.57. The van der Waals surface area contributed by atoms with Gasteiger partial charge in [-0.2, -0.15) is 0 Å². The van der Waals surface area contributed by atoms with Crippen LogP contribution in [0, 0.1) is 12.7 Å². The van der Waals surface area contributed by atoms with Crippen LogP contribution in [0.3, 0.4) is 0 Å². The molecule has 5 nitrogen and oxygen atoms in total. The van der Waals surface area contributed by atoms with Gasteiger partial charge in [0.1, 0.15) is 5.65 Å². The van der Waals surface area contributed by atoms with Gasteiger partial charge in [0.05, 0.1) is 10.3 Å². The molecule has 0 aliphatic heterocycles. The molecule has 0 unspecified atom stereocenters. The summed E-state index contributed by atoms with van der Waals surface area (Å²) in [5.41, 5.74) is 1.59. The van der Waals surface area contributed by atoms with Gasteiger partial charge in [0.25, 0.3) is 0 Å². The maximum Gasteiger partial charge on any atom is 0.226 e. The Bertz CT molecular complexity index is 1210. The molecule has 3 aromatic rings. The number of hydrogen-bond acceptors (Lipinski definition) is 4. The van der Waals surface area contributed by atoms with Gasteiger partial charge in [0.2, 0.25) is 9.84 Å². The van der Waals surface area contributed by atoms with Crippen LogP contribution >= 0.6 is 0 Å². The molecule has 0 amide bonds. The Morgan fingerprint density at radius 2 is 1.85 bits per heavy atom. The first-order valence-electron chi connectivity index (χ1n) is 8.89. The van der Waals surface area contributed by atoms with Gasteiger partial charge in [-0.3, -0.25) is 4.79 Å². The highest BCUT2D eigenvalue weighted by Gasteiger charge is 2.30. The fourth-order valence-corrected chi connectivity index (χ4v) is 4.53. The first-order chi connectivity index (χ1) is 12.8. The lowest BCUT2D eigenvalue weighted by molar-refractivity contribution is 0.554. The standard InChI is InChI=1S/C20H19FN2O3S/c1-3-13-10-18(24)16-11-17(21)20(22-19(16)23(13)14-6-7-14)27(25,26)15-8-4-12(2)5-9-15/h4-5,8-11,14H,3,6-7H2,1-2H3. The number of sulfone groups is 1. The topological polar surface area (TPSA) is 69.0 Å². The molecule has 1 fully saturated rings. The van der Waals surface area contributed by atoms with Crippen molar-refractivity contribution in [1.29, 1.82) is 0 Å². The van der Waals surface area contributed by atoms with Crippen molar-refractivity contribution in [3.05, 3.63) is 63.7 Å². The number of rotatable bonds is 4. The zero-order chi connectivity index (χ0) is 19.3. The van der Waals surface area contributed by atoms with Crippen molar-refractivity contribution in [1.82, 2.24) is 9.55 Å². The molecule has 7 heteroatoms. The summed E-state index contributed by atoms with van der Waals surface area (Å²) < 4.78 is 42.5. The molecule has 4 rings (SSSR count). The average molecular weight is 386 g/mol. The summed E-state index contributed by atoms with van der Waals surface area (Å²) in [6.07, 6.45) is 2.48. The molecule has 1 aromatic carbocycles. The Hall–Kier alpha value is -2.54. The summed E-state index contributed by atoms with van der Waals surface area (Å²) in [4.78, 5) is 16.6. The fourth-order valence-electron chi connectivity index (χ4n) is 3.29. The zero-order valence-electron chi connectivity index (χ0n) is 15.1. The van der Waals surface area contributed by atoms with Crippen LogP contribution in [0.1, 0.15) is 37.1 Å². The molecule has 140 valence electrons. The van der Waals surface area contributed by atoms with Crippen LogP contribution in [-0.2, 0) is 16.3 Å². The van der Waals surface area contributed by atoms with Crippen LogP contribution < -0.4 is 5.43 Å². The summed E-state index contributed by atoms with van der Waals surface area (Å²) in [7, 11) is -4.13. The average Bonchev–Trinajstić information content (AvgIpc) is 3.46. The van der Waals surface area contributed by atoms with E-state index in [1.807, 2.05) is 18.4 Å². The molecule has 0 N–H and O–H groups in total. The first-order valence-corrected chi connectivity index (χ1v) is 10.4. The lowest BCUT2D eigenvalue weighted by Crippen LogP contribution is -2.17. The maximum absolute atomic E-state index is 14.7. The van der Waals surface area contributed by atoms with E-state index >= 15 is 0 Å². The number of aryl methyl sites for hydroxylation is 2. The molecule has 0 spiro atoms. The number of aromatic nitrogens is 2. The van der Waals surface area contributed by atoms with Gasteiger partial charge in [-0.25, -0.2) is 17.8 Å². The molecular weight excluding hydrogens is 367 g/mol. The highest BCUT2D eigenvalue weighted by molar-refractivity contribution is 7.91. The summed E-state index contributed by atoms with van der Waals surface area (Å²) in [5, 5.41) is -0.527. The Morgan fingerprint density at radius 1 is 1.19 bits per heavy atom. The number of halogens is 1. The molecular formula is C20H19FN2O3S. The molecule has 2 heterocycles. The summed E-state index contributed by atoms with van der Waals surface area (Å²) in [5.74, 6) is -1.01. The van der Waals surface area contributed by atoms with Crippen molar-refractivity contribution in [3.63, 3.8) is 0 Å². The summed E-state index contributed by atoms with van der Waals surface area (Å²) >= 11 is 0. The molecule has 0 atom stereocenters. The number of pyridine rings is 2. The van der Waals surface area contributed by atoms with Crippen LogP contribution in [0.2, 0.25) is 0 Å². The molecule has 1 saturated carbocycles. The van der Waals surface area contributed by atoms with E-state index in [0.717, 1.165) is 30.2 Å². The van der Waals surface area contributed by atoms with Crippen molar-refractivity contribution in [3.8, 4) is 0 Å². The minimum Gasteiger partial charge on any atom is -0.326 e. The highest BCUT2D eigenvalue weighted by atomic mass is 32.2. The monoisotopic (exact) mass is 386 g/mol. The molecule has 2 aromatic heterocycles. The van der Waals surface area contributed by atoms with Gasteiger partial charge in [-0.15, -0.1) is 0 Å². The van der Waals surface area contributed by atoms with E-state index in [4.69, 9.17) is 0 Å². The van der Waals surface area contributed by atoms with Gasteiger partial charge >= 0.3 is 0 Å². The van der Waals surface area contributed by atoms with Crippen molar-refractivity contribution < 1.29 is 12.8 Å². The Morgan fingerprint density at radius 3 is 2.44 bits per heavy atom. The van der Waals surface area contributed by atoms with Crippen molar-refractivity contribution in [2.24, 2.45) is 0 Å². The summed E-state index contributed by atoms with van der Waals surface area (Å²) in [6.45, 7) is 3.76. The highest BCUT2D eigenvalue weighted by Crippen LogP contribution is 2.38. The quantitative estimate of drug-likeness (QED) is 0.687. The lowest BCUT2D eigenvalue weighted by atomic mass is 10.2. The van der Waals surface area contributed by atoms with Crippen LogP contribution in [0.4, 0.5) is 4.39 Å². The lowest BCUT2D eigenvalue weighted by Gasteiger charge is -2.16. The van der Waals surface area contributed by atoms with Gasteiger partial charge in [0, 0.05) is 17.8 Å². The summed E-state index contributed by atoms with van der Waals surface area (Å²) in [6, 6.07) is 8.86. The largest absolute Gasteiger partial charge is 0.326 e. The Kier molecular flexibility index (Phi) is 4.14. The Labute approximate surface area is 156 Å². The predicted molar refractivity (Wildman–Crippen MR) is 100 cm³/mol. The third kappa shape index (κ3) is 2.96. The second-order valence-electron chi connectivity index (χ2n) is 6.92. The molecule has 0 saturated heterocycles. The zero-order valence-corrected chi connectivity index (χ0v) is 15.9. The van der Waals surface area contributed by atoms with Crippen LogP contribution in [0.25, 0.3) is 11.0 Å². The van der Waals surface area contributed by atoms with E-state index in [2.05, 4.69) is 4.98 Å². The number of fused-ring (bicyclic) bond motifs is 1. The minimum atomic E-state index is -4.13. The smallest absolute Gasteiger partial charge is 0.226 e. The van der Waals surface area contributed by atoms with E-state index in [1.54, 1.807) is 12.1 Å². The number of hydrogen-bond donors (Lipinski definition) is 0. The molecule has 1 aliphatic rings. The van der Waals surface area contributed by atoms with Crippen molar-refractivity contribution >= 4 is 20.9 Å². The molecule has 0 bridgehead atoms. The SMILES string of the molecule is CCc1cc(=O)c2cc(F)c(S(=O)(=O)c3ccc(C)cc3)nc2n1C1CC1. The molecule has 1 aliphatic carbocycles. The van der Waals surface area contributed by atoms with Crippen LogP contribution in [0.5, 0.6) is 0 Å². The van der Waals surface area contributed by atoms with Gasteiger partial charge < -0.3 is 4.57 Å². The first kappa shape index (κ1) is 17.9. The third-order valence-corrected chi connectivity index (χ3v) is 6.57. The molecule has 0 radical (unpaired) electrons. The van der Waals surface area contributed by atoms with Crippen LogP contribution in [-0.4, -0.2) is 18.0 Å². The van der Waals surface area contributed by atoms with Crippen molar-refractivity contribution in [2.45, 2.75) is 49.1 Å².